The summed E-state index contributed by atoms with van der Waals surface area (Å²) in [5, 5.41) is 11.4. The molecule has 4 rings (SSSR count). The van der Waals surface area contributed by atoms with Gasteiger partial charge in [-0.3, -0.25) is 14.7 Å². The molecule has 1 aliphatic rings. The molecule has 1 N–H and O–H groups in total. The minimum atomic E-state index is -0.0144. The monoisotopic (exact) mass is 385 g/mol. The van der Waals surface area contributed by atoms with Crippen molar-refractivity contribution < 1.29 is 4.79 Å². The fourth-order valence-electron chi connectivity index (χ4n) is 3.09. The topological polar surface area (TPSA) is 70.0 Å². The number of nitrogens with zero attached hydrogens (tertiary/aromatic N) is 4. The average molecular weight is 385 g/mol. The molecular formula is C23H23N5O. The Bertz CT molecular complexity index is 954. The molecule has 6 nitrogen and oxygen atoms in total. The van der Waals surface area contributed by atoms with E-state index in [9.17, 15) is 4.79 Å². The summed E-state index contributed by atoms with van der Waals surface area (Å²) in [6, 6.07) is 21.4. The highest BCUT2D eigenvalue weighted by Gasteiger charge is 2.30. The molecule has 0 unspecified atom stereocenters. The van der Waals surface area contributed by atoms with E-state index in [0.717, 1.165) is 42.0 Å². The van der Waals surface area contributed by atoms with E-state index in [-0.39, 0.29) is 5.91 Å². The van der Waals surface area contributed by atoms with Crippen molar-refractivity contribution in [3.05, 3.63) is 84.7 Å². The Morgan fingerprint density at radius 1 is 0.966 bits per heavy atom. The van der Waals surface area contributed by atoms with Crippen LogP contribution in [0, 0.1) is 0 Å². The second kappa shape index (κ2) is 9.21. The van der Waals surface area contributed by atoms with Gasteiger partial charge in [0.1, 0.15) is 0 Å². The van der Waals surface area contributed by atoms with Gasteiger partial charge in [-0.25, -0.2) is 0 Å². The molecule has 1 saturated carbocycles. The normalized spacial score (nSPS) is 13.7. The van der Waals surface area contributed by atoms with Gasteiger partial charge >= 0.3 is 0 Å². The third kappa shape index (κ3) is 5.80. The lowest BCUT2D eigenvalue weighted by molar-refractivity contribution is -0.117. The number of carbonyl (C=O) groups is 1. The van der Waals surface area contributed by atoms with E-state index in [1.54, 1.807) is 6.20 Å². The van der Waals surface area contributed by atoms with E-state index in [1.165, 1.54) is 0 Å². The maximum absolute atomic E-state index is 12.5. The lowest BCUT2D eigenvalue weighted by atomic mass is 10.2. The van der Waals surface area contributed by atoms with E-state index in [4.69, 9.17) is 0 Å². The Morgan fingerprint density at radius 2 is 1.69 bits per heavy atom. The number of carbonyl (C=O) groups excluding carboxylic acids is 1. The van der Waals surface area contributed by atoms with E-state index in [1.807, 2.05) is 72.9 Å². The maximum Gasteiger partial charge on any atom is 0.238 e. The standard InChI is InChI=1S/C23H23N5O/c29-23(17-28(22-12-13-22)16-18-5-4-14-24-15-18)25-19-8-10-21(11-9-19)27-26-20-6-2-1-3-7-20/h1-11,14-15,22H,12-13,16-17H2,(H,25,29). The van der Waals surface area contributed by atoms with Crippen molar-refractivity contribution in [3.63, 3.8) is 0 Å². The molecule has 0 bridgehead atoms. The summed E-state index contributed by atoms with van der Waals surface area (Å²) in [6.45, 7) is 1.11. The Kier molecular flexibility index (Phi) is 6.02. The lowest BCUT2D eigenvalue weighted by Crippen LogP contribution is -2.34. The molecule has 29 heavy (non-hydrogen) atoms. The fraction of sp³-hybridized carbons (Fsp3) is 0.217. The van der Waals surface area contributed by atoms with E-state index >= 15 is 0 Å². The van der Waals surface area contributed by atoms with Crippen LogP contribution in [0.15, 0.2) is 89.4 Å². The van der Waals surface area contributed by atoms with Gasteiger partial charge in [-0.2, -0.15) is 10.2 Å². The van der Waals surface area contributed by atoms with Gasteiger partial charge < -0.3 is 5.32 Å². The first-order valence-corrected chi connectivity index (χ1v) is 9.76. The van der Waals surface area contributed by atoms with Crippen molar-refractivity contribution >= 4 is 23.0 Å². The van der Waals surface area contributed by atoms with Crippen LogP contribution >= 0.6 is 0 Å². The van der Waals surface area contributed by atoms with Crippen molar-refractivity contribution in [1.82, 2.24) is 9.88 Å². The molecule has 1 aromatic heterocycles. The number of rotatable bonds is 8. The molecule has 1 fully saturated rings. The van der Waals surface area contributed by atoms with Crippen LogP contribution < -0.4 is 5.32 Å². The first-order chi connectivity index (χ1) is 14.3. The highest BCUT2D eigenvalue weighted by atomic mass is 16.2. The molecule has 3 aromatic rings. The molecule has 6 heteroatoms. The summed E-state index contributed by atoms with van der Waals surface area (Å²) in [7, 11) is 0. The molecule has 2 aromatic carbocycles. The number of hydrogen-bond donors (Lipinski definition) is 1. The van der Waals surface area contributed by atoms with Crippen LogP contribution in [0.2, 0.25) is 0 Å². The van der Waals surface area contributed by atoms with Crippen LogP contribution in [0.4, 0.5) is 17.1 Å². The summed E-state index contributed by atoms with van der Waals surface area (Å²) in [4.78, 5) is 18.9. The zero-order valence-electron chi connectivity index (χ0n) is 16.1. The third-order valence-corrected chi connectivity index (χ3v) is 4.71. The SMILES string of the molecule is O=C(CN(Cc1cccnc1)C1CC1)Nc1ccc(N=Nc2ccccc2)cc1. The van der Waals surface area contributed by atoms with Gasteiger partial charge in [0, 0.05) is 30.7 Å². The van der Waals surface area contributed by atoms with Crippen LogP contribution in [0.3, 0.4) is 0 Å². The number of pyridine rings is 1. The molecular weight excluding hydrogens is 362 g/mol. The highest BCUT2D eigenvalue weighted by molar-refractivity contribution is 5.92. The average Bonchev–Trinajstić information content (AvgIpc) is 3.60. The Hall–Kier alpha value is -3.38. The number of hydrogen-bond acceptors (Lipinski definition) is 5. The van der Waals surface area contributed by atoms with Crippen molar-refractivity contribution in [2.45, 2.75) is 25.4 Å². The van der Waals surface area contributed by atoms with Crippen molar-refractivity contribution in [2.24, 2.45) is 10.2 Å². The van der Waals surface area contributed by atoms with Crippen molar-refractivity contribution in [1.29, 1.82) is 0 Å². The number of amides is 1. The molecule has 146 valence electrons. The van der Waals surface area contributed by atoms with Gasteiger partial charge in [-0.05, 0) is 60.9 Å². The molecule has 0 spiro atoms. The molecule has 1 aliphatic carbocycles. The van der Waals surface area contributed by atoms with E-state index in [0.29, 0.717) is 12.6 Å². The van der Waals surface area contributed by atoms with Gasteiger partial charge in [0.15, 0.2) is 0 Å². The summed E-state index contributed by atoms with van der Waals surface area (Å²) in [6.07, 6.45) is 5.92. The van der Waals surface area contributed by atoms with Crippen molar-refractivity contribution in [3.8, 4) is 0 Å². The van der Waals surface area contributed by atoms with Gasteiger partial charge in [-0.15, -0.1) is 0 Å². The Balaban J connectivity index is 1.32. The fourth-order valence-corrected chi connectivity index (χ4v) is 3.09. The molecule has 0 aliphatic heterocycles. The first kappa shape index (κ1) is 19.0. The smallest absolute Gasteiger partial charge is 0.238 e. The first-order valence-electron chi connectivity index (χ1n) is 9.76. The van der Waals surface area contributed by atoms with Gasteiger partial charge in [0.2, 0.25) is 5.91 Å². The highest BCUT2D eigenvalue weighted by Crippen LogP contribution is 2.28. The maximum atomic E-state index is 12.5. The predicted octanol–water partition coefficient (Wildman–Crippen LogP) is 5.10. The lowest BCUT2D eigenvalue weighted by Gasteiger charge is -2.21. The van der Waals surface area contributed by atoms with Gasteiger partial charge in [0.25, 0.3) is 0 Å². The molecule has 1 amide bonds. The van der Waals surface area contributed by atoms with Crippen LogP contribution in [0.1, 0.15) is 18.4 Å². The minimum absolute atomic E-state index is 0.0144. The van der Waals surface area contributed by atoms with Crippen LogP contribution in [-0.4, -0.2) is 28.4 Å². The van der Waals surface area contributed by atoms with Crippen molar-refractivity contribution in [2.75, 3.05) is 11.9 Å². The molecule has 1 heterocycles. The Morgan fingerprint density at radius 3 is 2.34 bits per heavy atom. The van der Waals surface area contributed by atoms with Gasteiger partial charge in [-0.1, -0.05) is 24.3 Å². The predicted molar refractivity (Wildman–Crippen MR) is 113 cm³/mol. The summed E-state index contributed by atoms with van der Waals surface area (Å²) in [5.41, 5.74) is 3.42. The summed E-state index contributed by atoms with van der Waals surface area (Å²) >= 11 is 0. The number of aromatic nitrogens is 1. The molecule has 0 saturated heterocycles. The zero-order valence-corrected chi connectivity index (χ0v) is 16.1. The number of nitrogens with one attached hydrogen (secondary N) is 1. The quantitative estimate of drug-likeness (QED) is 0.549. The second-order valence-electron chi connectivity index (χ2n) is 7.13. The third-order valence-electron chi connectivity index (χ3n) is 4.71. The zero-order chi connectivity index (χ0) is 19.9. The summed E-state index contributed by atoms with van der Waals surface area (Å²) < 4.78 is 0. The number of azo groups is 1. The van der Waals surface area contributed by atoms with Gasteiger partial charge in [0.05, 0.1) is 17.9 Å². The van der Waals surface area contributed by atoms with E-state index in [2.05, 4.69) is 25.4 Å². The molecule has 0 atom stereocenters. The number of anilines is 1. The summed E-state index contributed by atoms with van der Waals surface area (Å²) in [5.74, 6) is -0.0144. The van der Waals surface area contributed by atoms with Crippen LogP contribution in [-0.2, 0) is 11.3 Å². The van der Waals surface area contributed by atoms with E-state index < -0.39 is 0 Å². The number of benzene rings is 2. The minimum Gasteiger partial charge on any atom is -0.325 e. The van der Waals surface area contributed by atoms with Crippen LogP contribution in [0.25, 0.3) is 0 Å². The molecule has 0 radical (unpaired) electrons. The van der Waals surface area contributed by atoms with Crippen LogP contribution in [0.5, 0.6) is 0 Å². The second-order valence-corrected chi connectivity index (χ2v) is 7.13. The largest absolute Gasteiger partial charge is 0.325 e. The Labute approximate surface area is 170 Å².